The van der Waals surface area contributed by atoms with Crippen LogP contribution in [0.5, 0.6) is 5.75 Å². The molecule has 2 rings (SSSR count). The number of nitrogens with one attached hydrogen (secondary N) is 2. The average molecular weight is 402 g/mol. The van der Waals surface area contributed by atoms with Crippen molar-refractivity contribution in [2.45, 2.75) is 24.9 Å². The number of benzene rings is 2. The number of sulfonamides is 1. The van der Waals surface area contributed by atoms with Gasteiger partial charge in [-0.05, 0) is 49.4 Å². The summed E-state index contributed by atoms with van der Waals surface area (Å²) in [6.07, 6.45) is -4.63. The second-order valence-electron chi connectivity index (χ2n) is 5.45. The summed E-state index contributed by atoms with van der Waals surface area (Å²) >= 11 is 0. The number of hydrogen-bond acceptors (Lipinski definition) is 4. The predicted molar refractivity (Wildman–Crippen MR) is 94.2 cm³/mol. The van der Waals surface area contributed by atoms with Crippen molar-refractivity contribution in [3.8, 4) is 5.75 Å². The molecule has 2 aromatic carbocycles. The fourth-order valence-electron chi connectivity index (χ4n) is 2.19. The summed E-state index contributed by atoms with van der Waals surface area (Å²) in [6, 6.07) is 7.73. The summed E-state index contributed by atoms with van der Waals surface area (Å²) in [5, 5.41) is 2.48. The molecule has 0 saturated heterocycles. The van der Waals surface area contributed by atoms with Gasteiger partial charge in [0, 0.05) is 12.6 Å². The number of ether oxygens (including phenoxy) is 1. The molecule has 0 unspecified atom stereocenters. The number of alkyl halides is 3. The zero-order valence-electron chi connectivity index (χ0n) is 14.4. The molecule has 0 heterocycles. The Morgan fingerprint density at radius 1 is 1.11 bits per heavy atom. The van der Waals surface area contributed by atoms with Gasteiger partial charge in [-0.1, -0.05) is 0 Å². The largest absolute Gasteiger partial charge is 0.492 e. The van der Waals surface area contributed by atoms with Crippen molar-refractivity contribution in [1.82, 2.24) is 0 Å². The maximum Gasteiger partial charge on any atom is 0.416 e. The third-order valence-corrected chi connectivity index (χ3v) is 4.72. The Hall–Kier alpha value is -2.75. The molecule has 0 radical (unpaired) electrons. The first-order valence-corrected chi connectivity index (χ1v) is 9.26. The second kappa shape index (κ2) is 7.87. The zero-order valence-corrected chi connectivity index (χ0v) is 15.2. The second-order valence-corrected chi connectivity index (χ2v) is 7.14. The van der Waals surface area contributed by atoms with E-state index in [2.05, 4.69) is 10.0 Å². The van der Waals surface area contributed by atoms with Crippen LogP contribution in [0.4, 0.5) is 24.5 Å². The van der Waals surface area contributed by atoms with Gasteiger partial charge in [-0.3, -0.25) is 9.52 Å². The molecule has 0 spiro atoms. The third-order valence-electron chi connectivity index (χ3n) is 3.34. The van der Waals surface area contributed by atoms with Crippen molar-refractivity contribution in [2.75, 3.05) is 16.6 Å². The Morgan fingerprint density at radius 2 is 1.74 bits per heavy atom. The minimum atomic E-state index is -4.63. The van der Waals surface area contributed by atoms with Crippen LogP contribution < -0.4 is 14.8 Å². The number of carbonyl (C=O) groups excluding carboxylic acids is 1. The van der Waals surface area contributed by atoms with Crippen molar-refractivity contribution in [3.05, 3.63) is 48.0 Å². The Balaban J connectivity index is 2.36. The molecule has 2 N–H and O–H groups in total. The van der Waals surface area contributed by atoms with Crippen LogP contribution in [0, 0.1) is 0 Å². The van der Waals surface area contributed by atoms with Gasteiger partial charge in [0.05, 0.1) is 22.8 Å². The van der Waals surface area contributed by atoms with Crippen LogP contribution in [-0.2, 0) is 21.0 Å². The summed E-state index contributed by atoms with van der Waals surface area (Å²) < 4.78 is 71.2. The van der Waals surface area contributed by atoms with Crippen LogP contribution in [0.15, 0.2) is 47.4 Å². The fraction of sp³-hybridized carbons (Fsp3) is 0.235. The molecule has 0 aliphatic heterocycles. The van der Waals surface area contributed by atoms with E-state index in [1.54, 1.807) is 6.92 Å². The third kappa shape index (κ3) is 5.36. The molecule has 0 atom stereocenters. The van der Waals surface area contributed by atoms with Gasteiger partial charge in [-0.15, -0.1) is 0 Å². The van der Waals surface area contributed by atoms with Crippen LogP contribution in [0.3, 0.4) is 0 Å². The zero-order chi connectivity index (χ0) is 20.2. The molecule has 6 nitrogen and oxygen atoms in total. The van der Waals surface area contributed by atoms with E-state index in [0.717, 1.165) is 12.1 Å². The highest BCUT2D eigenvalue weighted by atomic mass is 32.2. The molecule has 10 heteroatoms. The number of carbonyl (C=O) groups is 1. The Kier molecular flexibility index (Phi) is 5.99. The summed E-state index contributed by atoms with van der Waals surface area (Å²) in [5.41, 5.74) is -0.946. The van der Waals surface area contributed by atoms with Gasteiger partial charge in [0.2, 0.25) is 5.91 Å². The maximum atomic E-state index is 12.9. The quantitative estimate of drug-likeness (QED) is 0.768. The predicted octanol–water partition coefficient (Wildman–Crippen LogP) is 3.86. The topological polar surface area (TPSA) is 84.5 Å². The first kappa shape index (κ1) is 20.6. The van der Waals surface area contributed by atoms with Gasteiger partial charge in [-0.2, -0.15) is 13.2 Å². The van der Waals surface area contributed by atoms with Gasteiger partial charge >= 0.3 is 6.18 Å². The van der Waals surface area contributed by atoms with Gasteiger partial charge in [0.15, 0.2) is 0 Å². The van der Waals surface area contributed by atoms with Crippen LogP contribution in [0.25, 0.3) is 0 Å². The van der Waals surface area contributed by atoms with E-state index >= 15 is 0 Å². The van der Waals surface area contributed by atoms with Crippen LogP contribution in [-0.4, -0.2) is 20.9 Å². The molecule has 1 amide bonds. The molecule has 0 aliphatic rings. The molecule has 0 bridgehead atoms. The highest BCUT2D eigenvalue weighted by molar-refractivity contribution is 7.92. The molecular formula is C17H17F3N2O4S. The molecular weight excluding hydrogens is 385 g/mol. The summed E-state index contributed by atoms with van der Waals surface area (Å²) in [7, 11) is -4.17. The lowest BCUT2D eigenvalue weighted by Gasteiger charge is -2.15. The minimum Gasteiger partial charge on any atom is -0.492 e. The molecule has 2 aromatic rings. The van der Waals surface area contributed by atoms with E-state index in [9.17, 15) is 26.4 Å². The molecule has 146 valence electrons. The SMILES string of the molecule is CCOc1ccc(C(F)(F)F)cc1NS(=O)(=O)c1ccc(NC(C)=O)cc1. The first-order valence-electron chi connectivity index (χ1n) is 7.77. The summed E-state index contributed by atoms with van der Waals surface area (Å²) in [6.45, 7) is 3.07. The Bertz CT molecular complexity index is 926. The number of amides is 1. The summed E-state index contributed by atoms with van der Waals surface area (Å²) in [5.74, 6) is -0.349. The van der Waals surface area contributed by atoms with Crippen LogP contribution in [0.2, 0.25) is 0 Å². The number of rotatable bonds is 6. The molecule has 0 fully saturated rings. The molecule has 0 aliphatic carbocycles. The van der Waals surface area contributed by atoms with Crippen LogP contribution in [0.1, 0.15) is 19.4 Å². The lowest BCUT2D eigenvalue weighted by Crippen LogP contribution is -2.15. The highest BCUT2D eigenvalue weighted by Gasteiger charge is 2.31. The van der Waals surface area contributed by atoms with E-state index in [4.69, 9.17) is 4.74 Å². The lowest BCUT2D eigenvalue weighted by atomic mass is 10.2. The van der Waals surface area contributed by atoms with Gasteiger partial charge in [0.25, 0.3) is 10.0 Å². The van der Waals surface area contributed by atoms with Crippen molar-refractivity contribution in [2.24, 2.45) is 0 Å². The summed E-state index contributed by atoms with van der Waals surface area (Å²) in [4.78, 5) is 10.8. The standard InChI is InChI=1S/C17H17F3N2O4S/c1-3-26-16-9-4-12(17(18,19)20)10-15(16)22-27(24,25)14-7-5-13(6-8-14)21-11(2)23/h4-10,22H,3H2,1-2H3,(H,21,23). The van der Waals surface area contributed by atoms with E-state index in [-0.39, 0.29) is 28.8 Å². The van der Waals surface area contributed by atoms with E-state index < -0.39 is 21.8 Å². The number of halogens is 3. The number of hydrogen-bond donors (Lipinski definition) is 2. The van der Waals surface area contributed by atoms with Gasteiger partial charge in [0.1, 0.15) is 5.75 Å². The van der Waals surface area contributed by atoms with Crippen molar-refractivity contribution >= 4 is 27.3 Å². The molecule has 0 saturated carbocycles. The van der Waals surface area contributed by atoms with Crippen molar-refractivity contribution < 1.29 is 31.1 Å². The first-order chi connectivity index (χ1) is 12.5. The van der Waals surface area contributed by atoms with Gasteiger partial charge in [-0.25, -0.2) is 8.42 Å². The monoisotopic (exact) mass is 402 g/mol. The lowest BCUT2D eigenvalue weighted by molar-refractivity contribution is -0.137. The van der Waals surface area contributed by atoms with E-state index in [1.807, 2.05) is 0 Å². The smallest absolute Gasteiger partial charge is 0.416 e. The normalized spacial score (nSPS) is 11.7. The number of anilines is 2. The average Bonchev–Trinajstić information content (AvgIpc) is 2.55. The van der Waals surface area contributed by atoms with Crippen molar-refractivity contribution in [3.63, 3.8) is 0 Å². The molecule has 0 aromatic heterocycles. The maximum absolute atomic E-state index is 12.9. The highest BCUT2D eigenvalue weighted by Crippen LogP contribution is 2.36. The minimum absolute atomic E-state index is 0.0241. The van der Waals surface area contributed by atoms with E-state index in [0.29, 0.717) is 11.8 Å². The molecule has 27 heavy (non-hydrogen) atoms. The Labute approximate surface area is 154 Å². The van der Waals surface area contributed by atoms with Crippen molar-refractivity contribution in [1.29, 1.82) is 0 Å². The van der Waals surface area contributed by atoms with E-state index in [1.165, 1.54) is 31.2 Å². The fourth-order valence-corrected chi connectivity index (χ4v) is 3.25. The van der Waals surface area contributed by atoms with Crippen LogP contribution >= 0.6 is 0 Å². The Morgan fingerprint density at radius 3 is 2.26 bits per heavy atom. The van der Waals surface area contributed by atoms with Gasteiger partial charge < -0.3 is 10.1 Å².